The van der Waals surface area contributed by atoms with E-state index < -0.39 is 11.8 Å². The van der Waals surface area contributed by atoms with Gasteiger partial charge in [-0.25, -0.2) is 18.6 Å². The number of benzene rings is 3. The molecule has 294 valence electrons. The van der Waals surface area contributed by atoms with Crippen molar-refractivity contribution in [3.8, 4) is 17.6 Å². The number of imide groups is 1. The lowest BCUT2D eigenvalue weighted by atomic mass is 9.79. The van der Waals surface area contributed by atoms with Crippen molar-refractivity contribution in [3.05, 3.63) is 81.9 Å². The molecule has 5 heterocycles. The van der Waals surface area contributed by atoms with Crippen LogP contribution in [0.3, 0.4) is 0 Å². The Morgan fingerprint density at radius 1 is 0.982 bits per heavy atom. The van der Waals surface area contributed by atoms with Gasteiger partial charge in [0.05, 0.1) is 46.7 Å². The average molecular weight is 778 g/mol. The van der Waals surface area contributed by atoms with Crippen LogP contribution in [-0.2, 0) is 16.6 Å². The number of fused-ring (bicyclic) bond motifs is 2. The second-order valence-electron chi connectivity index (χ2n) is 15.7. The molecule has 5 aromatic rings. The molecule has 3 aromatic carbocycles. The molecule has 1 unspecified atom stereocenters. The van der Waals surface area contributed by atoms with E-state index in [2.05, 4.69) is 20.3 Å². The minimum absolute atomic E-state index is 0.0693. The summed E-state index contributed by atoms with van der Waals surface area (Å²) in [7, 11) is 1.78. The van der Waals surface area contributed by atoms with Gasteiger partial charge in [-0.05, 0) is 98.9 Å². The second kappa shape index (κ2) is 14.2. The molecule has 14 nitrogen and oxygen atoms in total. The quantitative estimate of drug-likeness (QED) is 0.201. The molecule has 1 atom stereocenters. The van der Waals surface area contributed by atoms with Crippen LogP contribution < -0.4 is 26.2 Å². The maximum Gasteiger partial charge on any atom is 0.329 e. The molecule has 3 amide bonds. The van der Waals surface area contributed by atoms with Crippen LogP contribution in [0.1, 0.15) is 74.5 Å². The molecule has 4 fully saturated rings. The maximum atomic E-state index is 15.8. The number of amides is 3. The summed E-state index contributed by atoms with van der Waals surface area (Å²) >= 11 is 0. The molecule has 1 saturated carbocycles. The molecule has 3 saturated heterocycles. The van der Waals surface area contributed by atoms with Gasteiger partial charge in [-0.15, -0.1) is 0 Å². The third kappa shape index (κ3) is 6.54. The highest BCUT2D eigenvalue weighted by Crippen LogP contribution is 2.44. The predicted octanol–water partition coefficient (Wildman–Crippen LogP) is 5.78. The summed E-state index contributed by atoms with van der Waals surface area (Å²) in [6.45, 7) is 2.31. The van der Waals surface area contributed by atoms with Crippen molar-refractivity contribution >= 4 is 45.2 Å². The zero-order chi connectivity index (χ0) is 39.6. The van der Waals surface area contributed by atoms with Crippen LogP contribution in [-0.4, -0.2) is 74.1 Å². The van der Waals surface area contributed by atoms with Crippen LogP contribution >= 0.6 is 0 Å². The normalized spacial score (nSPS) is 22.6. The van der Waals surface area contributed by atoms with E-state index in [0.717, 1.165) is 63.2 Å². The van der Waals surface area contributed by atoms with Crippen molar-refractivity contribution in [1.29, 1.82) is 5.26 Å². The number of halogens is 2. The van der Waals surface area contributed by atoms with Crippen LogP contribution in [0.4, 0.5) is 25.1 Å². The Kier molecular flexibility index (Phi) is 9.16. The van der Waals surface area contributed by atoms with E-state index in [9.17, 15) is 24.0 Å². The first kappa shape index (κ1) is 36.7. The number of nitrogen functional groups attached to an aromatic ring is 1. The number of nitrogens with two attached hydrogens (primary N) is 1. The third-order valence-electron chi connectivity index (χ3n) is 12.4. The van der Waals surface area contributed by atoms with Gasteiger partial charge in [0, 0.05) is 44.5 Å². The number of piperidine rings is 1. The van der Waals surface area contributed by atoms with Crippen LogP contribution in [0.2, 0.25) is 0 Å². The SMILES string of the molecule is Cn1nc(N2CCC(=O)NC2=O)c2cc(F)c(C3CCC(N4CCC5(CC4)CC(n4cnc6ccc(Oc7c(F)ccc(N)c7C#N)cc6c4=O)CO5)CC3)cc21. The zero-order valence-electron chi connectivity index (χ0n) is 31.3. The fourth-order valence-electron chi connectivity index (χ4n) is 9.29. The Bertz CT molecular complexity index is 2550. The first-order chi connectivity index (χ1) is 27.5. The minimum Gasteiger partial charge on any atom is -0.453 e. The molecule has 1 spiro atoms. The number of likely N-dealkylation sites (tertiary alicyclic amines) is 1. The number of ether oxygens (including phenoxy) is 2. The number of anilines is 2. The summed E-state index contributed by atoms with van der Waals surface area (Å²) in [6, 6.07) is 12.0. The van der Waals surface area contributed by atoms with Gasteiger partial charge < -0.3 is 20.1 Å². The number of hydrogen-bond acceptors (Lipinski definition) is 10. The van der Waals surface area contributed by atoms with Crippen LogP contribution in [0, 0.1) is 23.0 Å². The Balaban J connectivity index is 0.831. The number of carbonyl (C=O) groups is 2. The molecule has 3 N–H and O–H groups in total. The molecular weight excluding hydrogens is 737 g/mol. The highest BCUT2D eigenvalue weighted by Gasteiger charge is 2.45. The number of nitrogens with zero attached hydrogens (tertiary/aromatic N) is 7. The van der Waals surface area contributed by atoms with Crippen molar-refractivity contribution < 1.29 is 27.8 Å². The number of carbonyl (C=O) groups excluding carboxylic acids is 2. The molecule has 9 rings (SSSR count). The first-order valence-corrected chi connectivity index (χ1v) is 19.3. The summed E-state index contributed by atoms with van der Waals surface area (Å²) in [5.74, 6) is -1.09. The van der Waals surface area contributed by atoms with Gasteiger partial charge >= 0.3 is 6.03 Å². The standard InChI is InChI=1S/C41H41F2N9O5/c1-49-35-18-27(32(43)17-29(35)38(48-49)51-13-10-36(53)47-40(51)55)23-2-4-24(5-3-23)50-14-11-41(12-15-50)19-25(21-56-41)52-22-46-34-9-6-26(16-28(34)39(52)54)57-37-30(20-44)33(45)8-7-31(37)42/h6-9,16-18,22-25H,2-5,10-15,19,21,45H2,1H3,(H,47,53,55). The van der Waals surface area contributed by atoms with E-state index in [4.69, 9.17) is 15.2 Å². The number of nitriles is 1. The van der Waals surface area contributed by atoms with Gasteiger partial charge in [-0.3, -0.25) is 29.1 Å². The predicted molar refractivity (Wildman–Crippen MR) is 206 cm³/mol. The Morgan fingerprint density at radius 3 is 2.53 bits per heavy atom. The Hall–Kier alpha value is -5.92. The lowest BCUT2D eigenvalue weighted by molar-refractivity contribution is -0.120. The fourth-order valence-corrected chi connectivity index (χ4v) is 9.29. The van der Waals surface area contributed by atoms with Crippen LogP contribution in [0.15, 0.2) is 53.6 Å². The molecule has 0 radical (unpaired) electrons. The molecule has 16 heteroatoms. The monoisotopic (exact) mass is 777 g/mol. The molecule has 3 aliphatic heterocycles. The topological polar surface area (TPSA) is 174 Å². The van der Waals surface area contributed by atoms with E-state index in [1.54, 1.807) is 34.8 Å². The molecule has 2 aromatic heterocycles. The van der Waals surface area contributed by atoms with E-state index >= 15 is 4.39 Å². The van der Waals surface area contributed by atoms with E-state index in [1.165, 1.54) is 23.1 Å². The number of aromatic nitrogens is 4. The summed E-state index contributed by atoms with van der Waals surface area (Å²) in [4.78, 5) is 46.4. The van der Waals surface area contributed by atoms with Crippen molar-refractivity contribution in [2.75, 3.05) is 36.9 Å². The molecule has 4 aliphatic rings. The van der Waals surface area contributed by atoms with Gasteiger partial charge in [0.2, 0.25) is 5.91 Å². The van der Waals surface area contributed by atoms with E-state index in [-0.39, 0.29) is 70.6 Å². The van der Waals surface area contributed by atoms with Gasteiger partial charge in [-0.2, -0.15) is 10.4 Å². The highest BCUT2D eigenvalue weighted by molar-refractivity contribution is 6.08. The zero-order valence-corrected chi connectivity index (χ0v) is 31.3. The van der Waals surface area contributed by atoms with Gasteiger partial charge in [0.15, 0.2) is 17.4 Å². The van der Waals surface area contributed by atoms with Gasteiger partial charge in [0.25, 0.3) is 5.56 Å². The summed E-state index contributed by atoms with van der Waals surface area (Å²) in [5.41, 5.74) is 7.09. The highest BCUT2D eigenvalue weighted by atomic mass is 19.1. The van der Waals surface area contributed by atoms with Crippen LogP contribution in [0.25, 0.3) is 21.8 Å². The van der Waals surface area contributed by atoms with Crippen molar-refractivity contribution in [2.24, 2.45) is 7.05 Å². The number of aryl methyl sites for hydroxylation is 1. The van der Waals surface area contributed by atoms with Gasteiger partial charge in [-0.1, -0.05) is 0 Å². The molecule has 1 aliphatic carbocycles. The Morgan fingerprint density at radius 2 is 1.77 bits per heavy atom. The molecule has 0 bridgehead atoms. The van der Waals surface area contributed by atoms with Gasteiger partial charge in [0.1, 0.15) is 23.2 Å². The second-order valence-corrected chi connectivity index (χ2v) is 15.7. The number of hydrogen-bond donors (Lipinski definition) is 2. The largest absolute Gasteiger partial charge is 0.453 e. The Labute approximate surface area is 325 Å². The minimum atomic E-state index is -0.741. The third-order valence-corrected chi connectivity index (χ3v) is 12.4. The summed E-state index contributed by atoms with van der Waals surface area (Å²) in [5, 5.41) is 17.2. The van der Waals surface area contributed by atoms with Crippen molar-refractivity contribution in [1.82, 2.24) is 29.5 Å². The lowest BCUT2D eigenvalue weighted by Gasteiger charge is -2.44. The maximum absolute atomic E-state index is 15.8. The fraction of sp³-hybridized carbons (Fsp3) is 0.415. The molecule has 57 heavy (non-hydrogen) atoms. The summed E-state index contributed by atoms with van der Waals surface area (Å²) in [6.07, 6.45) is 7.67. The first-order valence-electron chi connectivity index (χ1n) is 19.3. The van der Waals surface area contributed by atoms with Crippen molar-refractivity contribution in [3.63, 3.8) is 0 Å². The van der Waals surface area contributed by atoms with E-state index in [1.807, 2.05) is 12.1 Å². The summed E-state index contributed by atoms with van der Waals surface area (Å²) < 4.78 is 45.9. The smallest absolute Gasteiger partial charge is 0.329 e. The number of nitrogens with one attached hydrogen (secondary N) is 1. The van der Waals surface area contributed by atoms with Crippen LogP contribution in [0.5, 0.6) is 11.5 Å². The lowest BCUT2D eigenvalue weighted by Crippen LogP contribution is -2.49. The van der Waals surface area contributed by atoms with Crippen molar-refractivity contribution in [2.45, 2.75) is 75.0 Å². The average Bonchev–Trinajstić information content (AvgIpc) is 3.76. The molecular formula is C41H41F2N9O5. The van der Waals surface area contributed by atoms with E-state index in [0.29, 0.717) is 46.7 Å². The number of urea groups is 1. The number of rotatable bonds is 6.